The van der Waals surface area contributed by atoms with E-state index in [4.69, 9.17) is 0 Å². The Morgan fingerprint density at radius 2 is 1.86 bits per heavy atom. The van der Waals surface area contributed by atoms with Crippen molar-refractivity contribution >= 4 is 45.6 Å². The molecule has 5 nitrogen and oxygen atoms in total. The zero-order chi connectivity index (χ0) is 20.2. The number of pyridine rings is 1. The maximum Gasteiger partial charge on any atom is 0.250 e. The molecule has 0 fully saturated rings. The van der Waals surface area contributed by atoms with Crippen molar-refractivity contribution in [2.24, 2.45) is 5.10 Å². The molecule has 0 aliphatic heterocycles. The fourth-order valence-corrected chi connectivity index (χ4v) is 3.92. The Morgan fingerprint density at radius 1 is 1.10 bits per heavy atom. The lowest BCUT2D eigenvalue weighted by Crippen LogP contribution is -2.19. The molecule has 3 aromatic carbocycles. The third kappa shape index (κ3) is 4.22. The molecule has 6 heteroatoms. The summed E-state index contributed by atoms with van der Waals surface area (Å²) in [5, 5.41) is 17.9. The molecule has 1 amide bonds. The summed E-state index contributed by atoms with van der Waals surface area (Å²) in [6.45, 7) is 2.04. The summed E-state index contributed by atoms with van der Waals surface area (Å²) in [4.78, 5) is 16.8. The highest BCUT2D eigenvalue weighted by Crippen LogP contribution is 2.25. The largest absolute Gasteiger partial charge is 0.507 e. The number of para-hydroxylation sites is 1. The molecule has 4 rings (SSSR count). The fraction of sp³-hybridized carbons (Fsp3) is 0.0870. The number of benzene rings is 3. The highest BCUT2D eigenvalue weighted by Gasteiger charge is 2.07. The molecule has 4 aromatic rings. The molecule has 0 saturated heterocycles. The summed E-state index contributed by atoms with van der Waals surface area (Å²) in [5.74, 6) is 0.0781. The number of rotatable bonds is 5. The number of phenols is 1. The standard InChI is InChI=1S/C23H19N3O2S/c1-15-12-23(25-20-9-5-4-7-17(15)20)29-14-22(28)26-24-13-19-18-8-3-2-6-16(18)10-11-21(19)27/h2-13,27H,14H2,1H3,(H,26,28)/b24-13+. The van der Waals surface area contributed by atoms with Crippen LogP contribution in [0.3, 0.4) is 0 Å². The Balaban J connectivity index is 1.42. The van der Waals surface area contributed by atoms with E-state index >= 15 is 0 Å². The molecule has 0 aliphatic carbocycles. The van der Waals surface area contributed by atoms with Crippen LogP contribution in [0, 0.1) is 6.92 Å². The third-order valence-electron chi connectivity index (χ3n) is 4.58. The number of aryl methyl sites for hydroxylation is 1. The predicted molar refractivity (Wildman–Crippen MR) is 119 cm³/mol. The smallest absolute Gasteiger partial charge is 0.250 e. The van der Waals surface area contributed by atoms with Crippen molar-refractivity contribution in [1.82, 2.24) is 10.4 Å². The minimum Gasteiger partial charge on any atom is -0.507 e. The second kappa shape index (κ2) is 8.32. The number of phenolic OH excluding ortho intramolecular Hbond substituents is 1. The molecule has 0 saturated carbocycles. The number of nitrogens with zero attached hydrogens (tertiary/aromatic N) is 2. The molecular weight excluding hydrogens is 382 g/mol. The number of hydrogen-bond donors (Lipinski definition) is 2. The first-order chi connectivity index (χ1) is 14.1. The van der Waals surface area contributed by atoms with Crippen molar-refractivity contribution < 1.29 is 9.90 Å². The van der Waals surface area contributed by atoms with E-state index in [9.17, 15) is 9.90 Å². The summed E-state index contributed by atoms with van der Waals surface area (Å²) < 4.78 is 0. The van der Waals surface area contributed by atoms with Gasteiger partial charge in [0, 0.05) is 10.9 Å². The average Bonchev–Trinajstić information content (AvgIpc) is 2.74. The van der Waals surface area contributed by atoms with Gasteiger partial charge in [0.15, 0.2) is 0 Å². The Bertz CT molecular complexity index is 1240. The number of thioether (sulfide) groups is 1. The van der Waals surface area contributed by atoms with Crippen LogP contribution in [0.1, 0.15) is 11.1 Å². The van der Waals surface area contributed by atoms with Crippen LogP contribution in [0.25, 0.3) is 21.7 Å². The van der Waals surface area contributed by atoms with E-state index in [1.54, 1.807) is 6.07 Å². The molecule has 0 atom stereocenters. The number of amides is 1. The van der Waals surface area contributed by atoms with Gasteiger partial charge >= 0.3 is 0 Å². The SMILES string of the molecule is Cc1cc(SCC(=O)N/N=C/c2c(O)ccc3ccccc23)nc2ccccc12. The Hall–Kier alpha value is -3.38. The van der Waals surface area contributed by atoms with Crippen molar-refractivity contribution in [3.05, 3.63) is 77.9 Å². The average molecular weight is 401 g/mol. The summed E-state index contributed by atoms with van der Waals surface area (Å²) >= 11 is 1.36. The van der Waals surface area contributed by atoms with Crippen LogP contribution >= 0.6 is 11.8 Å². The Kier molecular flexibility index (Phi) is 5.44. The first kappa shape index (κ1) is 19.0. The quantitative estimate of drug-likeness (QED) is 0.290. The van der Waals surface area contributed by atoms with Gasteiger partial charge in [-0.15, -0.1) is 0 Å². The number of aromatic hydroxyl groups is 1. The number of fused-ring (bicyclic) bond motifs is 2. The van der Waals surface area contributed by atoms with E-state index < -0.39 is 0 Å². The normalized spacial score (nSPS) is 11.3. The van der Waals surface area contributed by atoms with Gasteiger partial charge in [-0.1, -0.05) is 60.3 Å². The van der Waals surface area contributed by atoms with E-state index in [-0.39, 0.29) is 17.4 Å². The first-order valence-corrected chi connectivity index (χ1v) is 10.1. The van der Waals surface area contributed by atoms with Gasteiger partial charge in [-0.3, -0.25) is 4.79 Å². The number of aromatic nitrogens is 1. The number of carbonyl (C=O) groups is 1. The lowest BCUT2D eigenvalue weighted by atomic mass is 10.0. The molecule has 1 aromatic heterocycles. The number of hydrazone groups is 1. The van der Waals surface area contributed by atoms with E-state index in [0.29, 0.717) is 5.56 Å². The van der Waals surface area contributed by atoms with E-state index in [1.165, 1.54) is 18.0 Å². The van der Waals surface area contributed by atoms with Crippen molar-refractivity contribution in [3.8, 4) is 5.75 Å². The Morgan fingerprint density at radius 3 is 2.72 bits per heavy atom. The summed E-state index contributed by atoms with van der Waals surface area (Å²) in [5.41, 5.74) is 5.13. The molecule has 0 aliphatic rings. The molecule has 29 heavy (non-hydrogen) atoms. The van der Waals surface area contributed by atoms with Crippen LogP contribution in [-0.4, -0.2) is 28.0 Å². The monoisotopic (exact) mass is 401 g/mol. The predicted octanol–water partition coefficient (Wildman–Crippen LogP) is 4.64. The molecule has 0 radical (unpaired) electrons. The second-order valence-corrected chi connectivity index (χ2v) is 7.59. The van der Waals surface area contributed by atoms with Gasteiger partial charge in [0.05, 0.1) is 22.5 Å². The van der Waals surface area contributed by atoms with Gasteiger partial charge in [0.25, 0.3) is 0 Å². The van der Waals surface area contributed by atoms with Gasteiger partial charge in [-0.05, 0) is 41.5 Å². The molecular formula is C23H19N3O2S. The minimum atomic E-state index is -0.237. The molecule has 0 bridgehead atoms. The van der Waals surface area contributed by atoms with Gasteiger partial charge < -0.3 is 5.11 Å². The molecule has 0 spiro atoms. The lowest BCUT2D eigenvalue weighted by molar-refractivity contribution is -0.118. The number of carbonyl (C=O) groups excluding carboxylic acids is 1. The maximum atomic E-state index is 12.2. The van der Waals surface area contributed by atoms with Crippen LogP contribution in [-0.2, 0) is 4.79 Å². The molecule has 1 heterocycles. The van der Waals surface area contributed by atoms with Crippen molar-refractivity contribution in [2.75, 3.05) is 5.75 Å². The molecule has 2 N–H and O–H groups in total. The summed E-state index contributed by atoms with van der Waals surface area (Å²) in [6.07, 6.45) is 1.47. The fourth-order valence-electron chi connectivity index (χ4n) is 3.15. The second-order valence-electron chi connectivity index (χ2n) is 6.60. The van der Waals surface area contributed by atoms with Crippen molar-refractivity contribution in [2.45, 2.75) is 11.9 Å². The van der Waals surface area contributed by atoms with Crippen molar-refractivity contribution in [1.29, 1.82) is 0 Å². The summed E-state index contributed by atoms with van der Waals surface area (Å²) in [6, 6.07) is 21.1. The van der Waals surface area contributed by atoms with Crippen molar-refractivity contribution in [3.63, 3.8) is 0 Å². The molecule has 144 valence electrons. The van der Waals surface area contributed by atoms with E-state index in [2.05, 4.69) is 15.5 Å². The van der Waals surface area contributed by atoms with Gasteiger partial charge in [0.1, 0.15) is 5.75 Å². The maximum absolute atomic E-state index is 12.2. The minimum absolute atomic E-state index is 0.118. The van der Waals surface area contributed by atoms with Gasteiger partial charge in [-0.2, -0.15) is 5.10 Å². The highest BCUT2D eigenvalue weighted by molar-refractivity contribution is 7.99. The number of hydrogen-bond acceptors (Lipinski definition) is 5. The zero-order valence-electron chi connectivity index (χ0n) is 15.8. The summed E-state index contributed by atoms with van der Waals surface area (Å²) in [7, 11) is 0. The topological polar surface area (TPSA) is 74.6 Å². The van der Waals surface area contributed by atoms with Gasteiger partial charge in [0.2, 0.25) is 5.91 Å². The molecule has 0 unspecified atom stereocenters. The van der Waals surface area contributed by atoms with Crippen LogP contribution in [0.4, 0.5) is 0 Å². The van der Waals surface area contributed by atoms with Crippen LogP contribution in [0.15, 0.2) is 76.9 Å². The van der Waals surface area contributed by atoms with E-state index in [0.717, 1.165) is 32.3 Å². The van der Waals surface area contributed by atoms with Crippen LogP contribution < -0.4 is 5.43 Å². The first-order valence-electron chi connectivity index (χ1n) is 9.13. The zero-order valence-corrected chi connectivity index (χ0v) is 16.6. The number of nitrogens with one attached hydrogen (secondary N) is 1. The van der Waals surface area contributed by atoms with E-state index in [1.807, 2.05) is 67.6 Å². The third-order valence-corrected chi connectivity index (χ3v) is 5.49. The van der Waals surface area contributed by atoms with Gasteiger partial charge in [-0.25, -0.2) is 10.4 Å². The van der Waals surface area contributed by atoms with Crippen LogP contribution in [0.5, 0.6) is 5.75 Å². The highest BCUT2D eigenvalue weighted by atomic mass is 32.2. The van der Waals surface area contributed by atoms with Crippen LogP contribution in [0.2, 0.25) is 0 Å². The Labute approximate surface area is 172 Å². The lowest BCUT2D eigenvalue weighted by Gasteiger charge is -2.06.